The molecule has 0 saturated carbocycles. The van der Waals surface area contributed by atoms with Crippen LogP contribution in [-0.2, 0) is 12.0 Å². The van der Waals surface area contributed by atoms with Crippen LogP contribution in [0.25, 0.3) is 0 Å². The summed E-state index contributed by atoms with van der Waals surface area (Å²) >= 11 is 0. The summed E-state index contributed by atoms with van der Waals surface area (Å²) in [4.78, 5) is 0. The summed E-state index contributed by atoms with van der Waals surface area (Å²) in [6.07, 6.45) is 8.62. The van der Waals surface area contributed by atoms with E-state index >= 15 is 0 Å². The van der Waals surface area contributed by atoms with Gasteiger partial charge in [0.05, 0.1) is 12.7 Å². The molecule has 1 aromatic carbocycles. The number of ether oxygens (including phenoxy) is 1. The average molecular weight is 314 g/mol. The second-order valence-corrected chi connectivity index (χ2v) is 6.26. The molecule has 1 atom stereocenters. The lowest BCUT2D eigenvalue weighted by molar-refractivity contribution is -0.101. The molecule has 124 valence electrons. The molecule has 3 heteroatoms. The van der Waals surface area contributed by atoms with E-state index in [1.807, 2.05) is 18.2 Å². The predicted molar refractivity (Wildman–Crippen MR) is 93.8 cm³/mol. The zero-order valence-electron chi connectivity index (χ0n) is 13.8. The van der Waals surface area contributed by atoms with Crippen LogP contribution in [0.1, 0.15) is 36.8 Å². The van der Waals surface area contributed by atoms with E-state index in [-0.39, 0.29) is 5.75 Å². The van der Waals surface area contributed by atoms with E-state index in [2.05, 4.69) is 19.7 Å². The van der Waals surface area contributed by atoms with Gasteiger partial charge in [0.15, 0.2) is 11.5 Å². The van der Waals surface area contributed by atoms with E-state index in [9.17, 15) is 10.2 Å². The van der Waals surface area contributed by atoms with E-state index in [4.69, 9.17) is 4.74 Å². The molecule has 0 aliphatic heterocycles. The van der Waals surface area contributed by atoms with Crippen LogP contribution in [0.15, 0.2) is 50.1 Å². The van der Waals surface area contributed by atoms with Crippen LogP contribution in [0.4, 0.5) is 0 Å². The van der Waals surface area contributed by atoms with Crippen molar-refractivity contribution in [1.82, 2.24) is 0 Å². The molecule has 23 heavy (non-hydrogen) atoms. The molecule has 0 unspecified atom stereocenters. The van der Waals surface area contributed by atoms with Crippen LogP contribution < -0.4 is 4.74 Å². The molecule has 0 aromatic heterocycles. The lowest BCUT2D eigenvalue weighted by atomic mass is 9.56. The fourth-order valence-electron chi connectivity index (χ4n) is 3.99. The van der Waals surface area contributed by atoms with Crippen LogP contribution >= 0.6 is 0 Å². The largest absolute Gasteiger partial charge is 0.504 e. The highest BCUT2D eigenvalue weighted by Gasteiger charge is 2.52. The molecule has 2 rings (SSSR count). The van der Waals surface area contributed by atoms with Gasteiger partial charge in [0.25, 0.3) is 0 Å². The fourth-order valence-corrected chi connectivity index (χ4v) is 3.99. The normalized spacial score (nSPS) is 22.0. The Labute approximate surface area is 138 Å². The summed E-state index contributed by atoms with van der Waals surface area (Å²) in [5.74, 6) is 0.558. The molecule has 1 aliphatic rings. The Kier molecular flexibility index (Phi) is 5.00. The zero-order chi connectivity index (χ0) is 17.1. The third kappa shape index (κ3) is 2.59. The molecule has 1 aromatic rings. The highest BCUT2D eigenvalue weighted by atomic mass is 16.5. The average Bonchev–Trinajstić information content (AvgIpc) is 2.52. The van der Waals surface area contributed by atoms with E-state index in [1.54, 1.807) is 12.1 Å². The molecule has 0 saturated heterocycles. The SMILES string of the molecule is C=CCC1(CC=C)CCc2c(ccc(OC)c2O)[C@]1(O)CC=C. The number of hydrogen-bond acceptors (Lipinski definition) is 3. The van der Waals surface area contributed by atoms with Crippen LogP contribution in [0, 0.1) is 5.41 Å². The molecule has 0 radical (unpaired) electrons. The van der Waals surface area contributed by atoms with Gasteiger partial charge in [0.1, 0.15) is 0 Å². The third-order valence-corrected chi connectivity index (χ3v) is 5.15. The first-order valence-corrected chi connectivity index (χ1v) is 7.94. The number of aliphatic hydroxyl groups is 1. The highest BCUT2D eigenvalue weighted by molar-refractivity contribution is 5.54. The van der Waals surface area contributed by atoms with Crippen molar-refractivity contribution in [1.29, 1.82) is 0 Å². The Bertz CT molecular complexity index is 608. The summed E-state index contributed by atoms with van der Waals surface area (Å²) in [5.41, 5.74) is 0.01000. The second-order valence-electron chi connectivity index (χ2n) is 6.26. The van der Waals surface area contributed by atoms with E-state index in [0.29, 0.717) is 31.4 Å². The smallest absolute Gasteiger partial charge is 0.161 e. The minimum atomic E-state index is -1.12. The van der Waals surface area contributed by atoms with Gasteiger partial charge in [0.2, 0.25) is 0 Å². The fraction of sp³-hybridized carbons (Fsp3) is 0.400. The standard InChI is InChI=1S/C20H26O3/c1-5-11-19(12-6-2)14-10-15-16(20(19,22)13-7-3)8-9-17(23-4)18(15)21/h5-9,21-22H,1-3,10-14H2,4H3/t20-/m1/s1. The lowest BCUT2D eigenvalue weighted by Crippen LogP contribution is -2.48. The molecule has 0 amide bonds. The van der Waals surface area contributed by atoms with Gasteiger partial charge in [0, 0.05) is 11.0 Å². The molecule has 1 aliphatic carbocycles. The Morgan fingerprint density at radius 1 is 1.13 bits per heavy atom. The first-order valence-electron chi connectivity index (χ1n) is 7.94. The summed E-state index contributed by atoms with van der Waals surface area (Å²) < 4.78 is 5.20. The zero-order valence-corrected chi connectivity index (χ0v) is 13.8. The molecule has 0 bridgehead atoms. The second kappa shape index (κ2) is 6.63. The molecule has 3 nitrogen and oxygen atoms in total. The van der Waals surface area contributed by atoms with Crippen molar-refractivity contribution in [3.05, 3.63) is 61.2 Å². The summed E-state index contributed by atoms with van der Waals surface area (Å²) in [7, 11) is 1.53. The first-order chi connectivity index (χ1) is 11.0. The Balaban J connectivity index is 2.69. The topological polar surface area (TPSA) is 49.7 Å². The van der Waals surface area contributed by atoms with E-state index in [1.165, 1.54) is 7.11 Å². The van der Waals surface area contributed by atoms with Gasteiger partial charge in [-0.1, -0.05) is 24.3 Å². The minimum Gasteiger partial charge on any atom is -0.504 e. The summed E-state index contributed by atoms with van der Waals surface area (Å²) in [5, 5.41) is 22.1. The molecular weight excluding hydrogens is 288 g/mol. The Hall–Kier alpha value is -2.00. The van der Waals surface area contributed by atoms with Crippen molar-refractivity contribution in [2.45, 2.75) is 37.7 Å². The number of aromatic hydroxyl groups is 1. The molecule has 0 spiro atoms. The number of allylic oxidation sites excluding steroid dienone is 2. The van der Waals surface area contributed by atoms with Crippen molar-refractivity contribution in [2.75, 3.05) is 7.11 Å². The predicted octanol–water partition coefficient (Wildman–Crippen LogP) is 4.25. The quantitative estimate of drug-likeness (QED) is 0.740. The number of methoxy groups -OCH3 is 1. The van der Waals surface area contributed by atoms with Crippen LogP contribution in [0.3, 0.4) is 0 Å². The maximum Gasteiger partial charge on any atom is 0.161 e. The number of rotatable bonds is 7. The van der Waals surface area contributed by atoms with Gasteiger partial charge in [-0.2, -0.15) is 0 Å². The van der Waals surface area contributed by atoms with Crippen molar-refractivity contribution in [2.24, 2.45) is 5.41 Å². The maximum absolute atomic E-state index is 11.7. The van der Waals surface area contributed by atoms with Crippen LogP contribution in [0.2, 0.25) is 0 Å². The van der Waals surface area contributed by atoms with Gasteiger partial charge in [-0.3, -0.25) is 0 Å². The number of hydrogen-bond donors (Lipinski definition) is 2. The van der Waals surface area contributed by atoms with Crippen LogP contribution in [-0.4, -0.2) is 17.3 Å². The highest BCUT2D eigenvalue weighted by Crippen LogP contribution is 2.57. The van der Waals surface area contributed by atoms with Gasteiger partial charge >= 0.3 is 0 Å². The molecule has 0 heterocycles. The molecule has 0 fully saturated rings. The summed E-state index contributed by atoms with van der Waals surface area (Å²) in [6, 6.07) is 3.57. The number of phenolic OH excluding ortho intramolecular Hbond substituents is 1. The molecular formula is C20H26O3. The van der Waals surface area contributed by atoms with Crippen molar-refractivity contribution < 1.29 is 14.9 Å². The summed E-state index contributed by atoms with van der Waals surface area (Å²) in [6.45, 7) is 11.6. The number of fused-ring (bicyclic) bond motifs is 1. The monoisotopic (exact) mass is 314 g/mol. The van der Waals surface area contributed by atoms with Gasteiger partial charge in [-0.05, 0) is 43.7 Å². The third-order valence-electron chi connectivity index (χ3n) is 5.15. The van der Waals surface area contributed by atoms with Gasteiger partial charge < -0.3 is 14.9 Å². The van der Waals surface area contributed by atoms with Crippen molar-refractivity contribution in [3.8, 4) is 11.5 Å². The minimum absolute atomic E-state index is 0.123. The molecule has 2 N–H and O–H groups in total. The van der Waals surface area contributed by atoms with Crippen molar-refractivity contribution >= 4 is 0 Å². The van der Waals surface area contributed by atoms with E-state index < -0.39 is 11.0 Å². The first kappa shape index (κ1) is 17.4. The van der Waals surface area contributed by atoms with Crippen LogP contribution in [0.5, 0.6) is 11.5 Å². The Morgan fingerprint density at radius 2 is 1.74 bits per heavy atom. The van der Waals surface area contributed by atoms with Crippen molar-refractivity contribution in [3.63, 3.8) is 0 Å². The number of phenols is 1. The maximum atomic E-state index is 11.7. The lowest BCUT2D eigenvalue weighted by Gasteiger charge is -2.51. The van der Waals surface area contributed by atoms with E-state index in [0.717, 1.165) is 17.5 Å². The van der Waals surface area contributed by atoms with Gasteiger partial charge in [-0.15, -0.1) is 19.7 Å². The Morgan fingerprint density at radius 3 is 2.26 bits per heavy atom. The number of benzene rings is 1. The van der Waals surface area contributed by atoms with Gasteiger partial charge in [-0.25, -0.2) is 0 Å².